The summed E-state index contributed by atoms with van der Waals surface area (Å²) in [5.74, 6) is 2.57. The number of pyridine rings is 1. The van der Waals surface area contributed by atoms with Crippen molar-refractivity contribution in [2.24, 2.45) is 17.6 Å². The molecule has 3 aliphatic rings. The summed E-state index contributed by atoms with van der Waals surface area (Å²) in [4.78, 5) is 7.12. The van der Waals surface area contributed by atoms with Crippen LogP contribution < -0.4 is 10.5 Å². The number of rotatable bonds is 4. The molecular formula is C20H27N3O. The molecule has 3 aliphatic heterocycles. The molecule has 1 aromatic heterocycles. The van der Waals surface area contributed by atoms with E-state index in [9.17, 15) is 0 Å². The minimum atomic E-state index is 0.0308. The van der Waals surface area contributed by atoms with Gasteiger partial charge in [-0.25, -0.2) is 0 Å². The van der Waals surface area contributed by atoms with Crippen LogP contribution in [0.1, 0.15) is 37.8 Å². The summed E-state index contributed by atoms with van der Waals surface area (Å²) in [6, 6.07) is 8.62. The maximum Gasteiger partial charge on any atom is 0.119 e. The first-order valence-corrected chi connectivity index (χ1v) is 9.13. The minimum Gasteiger partial charge on any atom is -0.497 e. The Balaban J connectivity index is 1.68. The Bertz CT molecular complexity index is 732. The zero-order valence-corrected chi connectivity index (χ0v) is 14.6. The monoisotopic (exact) mass is 325 g/mol. The van der Waals surface area contributed by atoms with Gasteiger partial charge >= 0.3 is 0 Å². The van der Waals surface area contributed by atoms with Crippen LogP contribution in [0.25, 0.3) is 10.9 Å². The van der Waals surface area contributed by atoms with Crippen LogP contribution in [0.4, 0.5) is 0 Å². The fraction of sp³-hybridized carbons (Fsp3) is 0.550. The molecule has 1 aromatic carbocycles. The van der Waals surface area contributed by atoms with Crippen LogP contribution in [0.15, 0.2) is 30.5 Å². The molecule has 0 saturated carbocycles. The molecule has 0 radical (unpaired) electrons. The molecular weight excluding hydrogens is 298 g/mol. The lowest BCUT2D eigenvalue weighted by atomic mass is 9.72. The SMILES string of the molecule is CC[C@@H]1CN2CC[C@H]1C[C@@H]2[C@@H](N)c1ccnc2ccc(OC)cc12. The van der Waals surface area contributed by atoms with Gasteiger partial charge in [-0.15, -0.1) is 0 Å². The standard InChI is InChI=1S/C20H27N3O/c1-3-13-12-23-9-7-14(13)10-19(23)20(21)16-6-8-22-18-5-4-15(24-2)11-17(16)18/h4-6,8,11,13-14,19-20H,3,7,9-10,12,21H2,1-2H3/t13-,14+,19-,20+/m1/s1. The molecule has 0 aliphatic carbocycles. The lowest BCUT2D eigenvalue weighted by Gasteiger charge is -2.51. The third kappa shape index (κ3) is 2.58. The van der Waals surface area contributed by atoms with Gasteiger partial charge in [-0.3, -0.25) is 9.88 Å². The smallest absolute Gasteiger partial charge is 0.119 e. The van der Waals surface area contributed by atoms with E-state index in [-0.39, 0.29) is 6.04 Å². The summed E-state index contributed by atoms with van der Waals surface area (Å²) in [6.45, 7) is 4.74. The topological polar surface area (TPSA) is 51.4 Å². The van der Waals surface area contributed by atoms with E-state index < -0.39 is 0 Å². The van der Waals surface area contributed by atoms with Crippen molar-refractivity contribution in [2.75, 3.05) is 20.2 Å². The van der Waals surface area contributed by atoms with Crippen LogP contribution in [-0.4, -0.2) is 36.1 Å². The summed E-state index contributed by atoms with van der Waals surface area (Å²) < 4.78 is 5.40. The maximum absolute atomic E-state index is 6.79. The number of ether oxygens (including phenoxy) is 1. The summed E-state index contributed by atoms with van der Waals surface area (Å²) in [5, 5.41) is 1.12. The second kappa shape index (κ2) is 6.34. The van der Waals surface area contributed by atoms with Gasteiger partial charge in [0.25, 0.3) is 0 Å². The molecule has 5 atom stereocenters. The second-order valence-electron chi connectivity index (χ2n) is 7.32. The number of hydrogen-bond donors (Lipinski definition) is 1. The lowest BCUT2D eigenvalue weighted by Crippen LogP contribution is -2.56. The van der Waals surface area contributed by atoms with Crippen LogP contribution in [0, 0.1) is 11.8 Å². The number of aromatic nitrogens is 1. The van der Waals surface area contributed by atoms with Gasteiger partial charge in [-0.1, -0.05) is 13.3 Å². The molecule has 4 heterocycles. The highest BCUT2D eigenvalue weighted by atomic mass is 16.5. The molecule has 5 rings (SSSR count). The van der Waals surface area contributed by atoms with Gasteiger partial charge in [0.05, 0.1) is 12.6 Å². The van der Waals surface area contributed by atoms with Crippen LogP contribution in [0.3, 0.4) is 0 Å². The Morgan fingerprint density at radius 1 is 1.38 bits per heavy atom. The number of hydrogen-bond acceptors (Lipinski definition) is 4. The summed E-state index contributed by atoms with van der Waals surface area (Å²) >= 11 is 0. The van der Waals surface area contributed by atoms with E-state index in [4.69, 9.17) is 10.5 Å². The molecule has 24 heavy (non-hydrogen) atoms. The van der Waals surface area contributed by atoms with Crippen molar-refractivity contribution in [3.63, 3.8) is 0 Å². The van der Waals surface area contributed by atoms with E-state index in [1.54, 1.807) is 7.11 Å². The Kier molecular flexibility index (Phi) is 4.19. The molecule has 3 saturated heterocycles. The zero-order valence-electron chi connectivity index (χ0n) is 14.6. The highest BCUT2D eigenvalue weighted by Gasteiger charge is 2.41. The van der Waals surface area contributed by atoms with Crippen molar-refractivity contribution in [1.82, 2.24) is 9.88 Å². The van der Waals surface area contributed by atoms with Gasteiger partial charge in [-0.2, -0.15) is 0 Å². The molecule has 3 fully saturated rings. The average Bonchev–Trinajstić information content (AvgIpc) is 2.66. The first-order chi connectivity index (χ1) is 11.7. The fourth-order valence-corrected chi connectivity index (χ4v) is 4.79. The summed E-state index contributed by atoms with van der Waals surface area (Å²) in [6.07, 6.45) is 5.74. The molecule has 2 N–H and O–H groups in total. The van der Waals surface area contributed by atoms with E-state index in [1.807, 2.05) is 18.3 Å². The van der Waals surface area contributed by atoms with Crippen molar-refractivity contribution in [3.8, 4) is 5.75 Å². The lowest BCUT2D eigenvalue weighted by molar-refractivity contribution is -0.0105. The van der Waals surface area contributed by atoms with Crippen molar-refractivity contribution < 1.29 is 4.74 Å². The van der Waals surface area contributed by atoms with Gasteiger partial charge in [0.15, 0.2) is 0 Å². The molecule has 4 heteroatoms. The zero-order chi connectivity index (χ0) is 16.7. The van der Waals surface area contributed by atoms with Gasteiger partial charge < -0.3 is 10.5 Å². The third-order valence-electron chi connectivity index (χ3n) is 6.22. The minimum absolute atomic E-state index is 0.0308. The van der Waals surface area contributed by atoms with Gasteiger partial charge in [0.2, 0.25) is 0 Å². The number of benzene rings is 1. The molecule has 2 aromatic rings. The second-order valence-corrected chi connectivity index (χ2v) is 7.32. The predicted molar refractivity (Wildman–Crippen MR) is 97.1 cm³/mol. The van der Waals surface area contributed by atoms with Crippen LogP contribution in [-0.2, 0) is 0 Å². The molecule has 128 valence electrons. The van der Waals surface area contributed by atoms with Crippen molar-refractivity contribution in [2.45, 2.75) is 38.3 Å². The van der Waals surface area contributed by atoms with Crippen molar-refractivity contribution in [3.05, 3.63) is 36.0 Å². The molecule has 4 nitrogen and oxygen atoms in total. The number of nitrogens with two attached hydrogens (primary N) is 1. The number of piperidine rings is 3. The van der Waals surface area contributed by atoms with E-state index in [1.165, 1.54) is 37.9 Å². The quantitative estimate of drug-likeness (QED) is 0.936. The average molecular weight is 325 g/mol. The highest BCUT2D eigenvalue weighted by molar-refractivity contribution is 5.84. The molecule has 1 unspecified atom stereocenters. The first-order valence-electron chi connectivity index (χ1n) is 9.13. The number of fused-ring (bicyclic) bond motifs is 4. The number of methoxy groups -OCH3 is 1. The Morgan fingerprint density at radius 3 is 2.96 bits per heavy atom. The molecule has 0 spiro atoms. The molecule has 0 amide bonds. The summed E-state index contributed by atoms with van der Waals surface area (Å²) in [5.41, 5.74) is 8.98. The van der Waals surface area contributed by atoms with Gasteiger partial charge in [0.1, 0.15) is 5.75 Å². The molecule has 2 bridgehead atoms. The maximum atomic E-state index is 6.79. The van der Waals surface area contributed by atoms with Crippen LogP contribution in [0.5, 0.6) is 5.75 Å². The summed E-state index contributed by atoms with van der Waals surface area (Å²) in [7, 11) is 1.70. The fourth-order valence-electron chi connectivity index (χ4n) is 4.79. The predicted octanol–water partition coefficient (Wildman–Crippen LogP) is 3.36. The van der Waals surface area contributed by atoms with Gasteiger partial charge in [-0.05, 0) is 61.1 Å². The Hall–Kier alpha value is -1.65. The van der Waals surface area contributed by atoms with Gasteiger partial charge in [0, 0.05) is 30.2 Å². The normalized spacial score (nSPS) is 30.5. The Morgan fingerprint density at radius 2 is 2.25 bits per heavy atom. The third-order valence-corrected chi connectivity index (χ3v) is 6.22. The number of nitrogens with zero attached hydrogens (tertiary/aromatic N) is 2. The van der Waals surface area contributed by atoms with Crippen molar-refractivity contribution >= 4 is 10.9 Å². The highest BCUT2D eigenvalue weighted by Crippen LogP contribution is 2.42. The van der Waals surface area contributed by atoms with E-state index in [2.05, 4.69) is 28.9 Å². The van der Waals surface area contributed by atoms with Crippen LogP contribution >= 0.6 is 0 Å². The van der Waals surface area contributed by atoms with E-state index in [0.717, 1.165) is 28.5 Å². The van der Waals surface area contributed by atoms with Crippen molar-refractivity contribution in [1.29, 1.82) is 0 Å². The van der Waals surface area contributed by atoms with E-state index in [0.29, 0.717) is 6.04 Å². The largest absolute Gasteiger partial charge is 0.497 e. The Labute approximate surface area is 144 Å². The first kappa shape index (κ1) is 15.9. The van der Waals surface area contributed by atoms with Crippen LogP contribution in [0.2, 0.25) is 0 Å². The van der Waals surface area contributed by atoms with E-state index >= 15 is 0 Å².